The van der Waals surface area contributed by atoms with E-state index in [1.165, 1.54) is 22.5 Å². The van der Waals surface area contributed by atoms with E-state index in [9.17, 15) is 13.2 Å². The van der Waals surface area contributed by atoms with Crippen LogP contribution in [-0.2, 0) is 14.8 Å². The van der Waals surface area contributed by atoms with Gasteiger partial charge in [0.05, 0.1) is 4.90 Å². The van der Waals surface area contributed by atoms with Crippen LogP contribution in [0.2, 0.25) is 0 Å². The Balaban J connectivity index is 1.45. The average Bonchev–Trinajstić information content (AvgIpc) is 3.28. The first-order valence-electron chi connectivity index (χ1n) is 9.61. The van der Waals surface area contributed by atoms with E-state index in [0.29, 0.717) is 18.8 Å². The summed E-state index contributed by atoms with van der Waals surface area (Å²) in [7, 11) is -3.44. The molecule has 0 atom stereocenters. The first-order chi connectivity index (χ1) is 14.0. The van der Waals surface area contributed by atoms with Crippen molar-refractivity contribution in [1.82, 2.24) is 4.31 Å². The molecule has 0 unspecified atom stereocenters. The predicted molar refractivity (Wildman–Crippen MR) is 116 cm³/mol. The minimum Gasteiger partial charge on any atom is -0.323 e. The molecule has 0 radical (unpaired) electrons. The molecule has 6 heteroatoms. The summed E-state index contributed by atoms with van der Waals surface area (Å²) in [6.07, 6.45) is 5.06. The van der Waals surface area contributed by atoms with E-state index in [-0.39, 0.29) is 10.8 Å². The molecule has 0 saturated carbocycles. The Morgan fingerprint density at radius 2 is 1.59 bits per heavy atom. The molecule has 4 rings (SSSR count). The minimum absolute atomic E-state index is 0.253. The van der Waals surface area contributed by atoms with Crippen LogP contribution in [0.5, 0.6) is 0 Å². The molecule has 1 heterocycles. The second-order valence-electron chi connectivity index (χ2n) is 7.03. The Bertz CT molecular complexity index is 1160. The SMILES string of the molecule is O=C(/C=C/c1cccc2ccccc12)Nc1ccc(S(=O)(=O)N2CCCC2)cc1. The number of nitrogens with zero attached hydrogens (tertiary/aromatic N) is 1. The predicted octanol–water partition coefficient (Wildman–Crippen LogP) is 4.28. The molecule has 0 aliphatic carbocycles. The van der Waals surface area contributed by atoms with Crippen molar-refractivity contribution in [2.24, 2.45) is 0 Å². The molecular weight excluding hydrogens is 384 g/mol. The van der Waals surface area contributed by atoms with E-state index in [1.807, 2.05) is 42.5 Å². The van der Waals surface area contributed by atoms with Gasteiger partial charge in [-0.05, 0) is 59.5 Å². The van der Waals surface area contributed by atoms with Crippen LogP contribution in [0.1, 0.15) is 18.4 Å². The maximum absolute atomic E-state index is 12.6. The first-order valence-corrected chi connectivity index (χ1v) is 11.1. The number of sulfonamides is 1. The molecular formula is C23H22N2O3S. The second kappa shape index (κ2) is 8.19. The number of carbonyl (C=O) groups is 1. The summed E-state index contributed by atoms with van der Waals surface area (Å²) < 4.78 is 26.6. The Morgan fingerprint density at radius 1 is 0.897 bits per heavy atom. The molecule has 3 aromatic rings. The highest BCUT2D eigenvalue weighted by Crippen LogP contribution is 2.22. The number of benzene rings is 3. The van der Waals surface area contributed by atoms with Gasteiger partial charge in [0, 0.05) is 24.9 Å². The van der Waals surface area contributed by atoms with Crippen LogP contribution in [0.25, 0.3) is 16.8 Å². The highest BCUT2D eigenvalue weighted by molar-refractivity contribution is 7.89. The van der Waals surface area contributed by atoms with E-state index in [1.54, 1.807) is 18.2 Å². The summed E-state index contributed by atoms with van der Waals surface area (Å²) in [5.74, 6) is -0.270. The number of amides is 1. The normalized spacial score (nSPS) is 15.2. The lowest BCUT2D eigenvalue weighted by molar-refractivity contribution is -0.111. The van der Waals surface area contributed by atoms with Crippen molar-refractivity contribution in [3.05, 3.63) is 78.4 Å². The van der Waals surface area contributed by atoms with E-state index in [4.69, 9.17) is 0 Å². The number of anilines is 1. The molecule has 1 aliphatic heterocycles. The molecule has 1 N–H and O–H groups in total. The number of carbonyl (C=O) groups excluding carboxylic acids is 1. The number of hydrogen-bond acceptors (Lipinski definition) is 3. The van der Waals surface area contributed by atoms with E-state index >= 15 is 0 Å². The fourth-order valence-electron chi connectivity index (χ4n) is 3.53. The summed E-state index contributed by atoms with van der Waals surface area (Å²) in [6.45, 7) is 1.14. The van der Waals surface area contributed by atoms with Crippen molar-refractivity contribution in [1.29, 1.82) is 0 Å². The molecule has 1 fully saturated rings. The van der Waals surface area contributed by atoms with Gasteiger partial charge < -0.3 is 5.32 Å². The summed E-state index contributed by atoms with van der Waals surface area (Å²) >= 11 is 0. The van der Waals surface area contributed by atoms with Gasteiger partial charge in [0.15, 0.2) is 0 Å². The number of rotatable bonds is 5. The van der Waals surface area contributed by atoms with Gasteiger partial charge in [-0.3, -0.25) is 4.79 Å². The van der Waals surface area contributed by atoms with Crippen molar-refractivity contribution in [3.63, 3.8) is 0 Å². The Hall–Kier alpha value is -2.96. The Kier molecular flexibility index (Phi) is 5.47. The molecule has 0 bridgehead atoms. The quantitative estimate of drug-likeness (QED) is 0.643. The smallest absolute Gasteiger partial charge is 0.248 e. The fraction of sp³-hybridized carbons (Fsp3) is 0.174. The van der Waals surface area contributed by atoms with E-state index < -0.39 is 10.0 Å². The minimum atomic E-state index is -3.44. The van der Waals surface area contributed by atoms with Gasteiger partial charge in [-0.1, -0.05) is 42.5 Å². The standard InChI is InChI=1S/C23H22N2O3S/c26-23(15-10-19-8-5-7-18-6-1-2-9-22(18)19)24-20-11-13-21(14-12-20)29(27,28)25-16-3-4-17-25/h1-2,5-15H,3-4,16-17H2,(H,24,26)/b15-10+. The molecule has 3 aromatic carbocycles. The topological polar surface area (TPSA) is 66.5 Å². The highest BCUT2D eigenvalue weighted by Gasteiger charge is 2.26. The van der Waals surface area contributed by atoms with E-state index in [2.05, 4.69) is 5.32 Å². The molecule has 0 aromatic heterocycles. The van der Waals surface area contributed by atoms with E-state index in [0.717, 1.165) is 29.2 Å². The van der Waals surface area contributed by atoms with Crippen LogP contribution in [0.3, 0.4) is 0 Å². The second-order valence-corrected chi connectivity index (χ2v) is 8.96. The van der Waals surface area contributed by atoms with Crippen molar-refractivity contribution in [2.75, 3.05) is 18.4 Å². The van der Waals surface area contributed by atoms with Gasteiger partial charge in [0.2, 0.25) is 15.9 Å². The fourth-order valence-corrected chi connectivity index (χ4v) is 5.05. The van der Waals surface area contributed by atoms with Gasteiger partial charge in [0.1, 0.15) is 0 Å². The highest BCUT2D eigenvalue weighted by atomic mass is 32.2. The van der Waals surface area contributed by atoms with Gasteiger partial charge in [-0.25, -0.2) is 8.42 Å². The Labute approximate surface area is 170 Å². The van der Waals surface area contributed by atoms with Crippen molar-refractivity contribution in [2.45, 2.75) is 17.7 Å². The van der Waals surface area contributed by atoms with Crippen molar-refractivity contribution >= 4 is 38.5 Å². The van der Waals surface area contributed by atoms with Gasteiger partial charge >= 0.3 is 0 Å². The van der Waals surface area contributed by atoms with Crippen LogP contribution < -0.4 is 5.32 Å². The molecule has 1 saturated heterocycles. The van der Waals surface area contributed by atoms with Crippen molar-refractivity contribution < 1.29 is 13.2 Å². The molecule has 1 aliphatic rings. The van der Waals surface area contributed by atoms with Crippen LogP contribution in [0.4, 0.5) is 5.69 Å². The number of nitrogens with one attached hydrogen (secondary N) is 1. The van der Waals surface area contributed by atoms with Crippen LogP contribution >= 0.6 is 0 Å². The molecule has 5 nitrogen and oxygen atoms in total. The van der Waals surface area contributed by atoms with Gasteiger partial charge in [-0.15, -0.1) is 0 Å². The zero-order valence-electron chi connectivity index (χ0n) is 15.9. The molecule has 1 amide bonds. The lowest BCUT2D eigenvalue weighted by atomic mass is 10.0. The van der Waals surface area contributed by atoms with Crippen LogP contribution in [0.15, 0.2) is 77.7 Å². The van der Waals surface area contributed by atoms with Crippen molar-refractivity contribution in [3.8, 4) is 0 Å². The zero-order valence-corrected chi connectivity index (χ0v) is 16.7. The summed E-state index contributed by atoms with van der Waals surface area (Å²) in [5, 5.41) is 4.97. The molecule has 29 heavy (non-hydrogen) atoms. The third kappa shape index (κ3) is 4.23. The van der Waals surface area contributed by atoms with Crippen LogP contribution in [-0.4, -0.2) is 31.7 Å². The maximum Gasteiger partial charge on any atom is 0.248 e. The van der Waals surface area contributed by atoms with Gasteiger partial charge in [-0.2, -0.15) is 4.31 Å². The third-order valence-corrected chi connectivity index (χ3v) is 6.98. The molecule has 148 valence electrons. The summed E-state index contributed by atoms with van der Waals surface area (Å²) in [6, 6.07) is 20.3. The first kappa shape index (κ1) is 19.4. The maximum atomic E-state index is 12.6. The Morgan fingerprint density at radius 3 is 2.34 bits per heavy atom. The lowest BCUT2D eigenvalue weighted by Gasteiger charge is -2.15. The average molecular weight is 407 g/mol. The molecule has 0 spiro atoms. The number of fused-ring (bicyclic) bond motifs is 1. The van der Waals surface area contributed by atoms with Gasteiger partial charge in [0.25, 0.3) is 0 Å². The third-order valence-electron chi connectivity index (χ3n) is 5.06. The summed E-state index contributed by atoms with van der Waals surface area (Å²) in [5.41, 5.74) is 1.52. The lowest BCUT2D eigenvalue weighted by Crippen LogP contribution is -2.27. The largest absolute Gasteiger partial charge is 0.323 e. The summed E-state index contributed by atoms with van der Waals surface area (Å²) in [4.78, 5) is 12.5. The van der Waals surface area contributed by atoms with Crippen LogP contribution in [0, 0.1) is 0 Å². The number of hydrogen-bond donors (Lipinski definition) is 1. The zero-order chi connectivity index (χ0) is 20.3. The monoisotopic (exact) mass is 406 g/mol.